The third kappa shape index (κ3) is 5.51. The van der Waals surface area contributed by atoms with Crippen molar-refractivity contribution in [2.75, 3.05) is 13.2 Å². The smallest absolute Gasteiger partial charge is 0.296 e. The SMILES string of the molecule is CCCCOc1ccccc1C=c1sc2nc(=O)c(Cc3ccc(OCCC)cc3)nn2c1=O. The zero-order valence-electron chi connectivity index (χ0n) is 19.3. The van der Waals surface area contributed by atoms with E-state index in [1.165, 1.54) is 4.52 Å². The van der Waals surface area contributed by atoms with Crippen LogP contribution in [0.1, 0.15) is 49.9 Å². The van der Waals surface area contributed by atoms with E-state index >= 15 is 0 Å². The lowest BCUT2D eigenvalue weighted by Crippen LogP contribution is -2.28. The van der Waals surface area contributed by atoms with Crippen LogP contribution in [0.2, 0.25) is 0 Å². The number of benzene rings is 2. The molecule has 0 saturated heterocycles. The van der Waals surface area contributed by atoms with Gasteiger partial charge in [-0.1, -0.05) is 61.9 Å². The Balaban J connectivity index is 1.64. The highest BCUT2D eigenvalue weighted by Gasteiger charge is 2.12. The molecule has 0 fully saturated rings. The van der Waals surface area contributed by atoms with Crippen LogP contribution in [-0.2, 0) is 6.42 Å². The topological polar surface area (TPSA) is 82.8 Å². The van der Waals surface area contributed by atoms with E-state index in [1.807, 2.05) is 48.5 Å². The van der Waals surface area contributed by atoms with E-state index in [9.17, 15) is 9.59 Å². The molecular formula is C26H27N3O4S. The average Bonchev–Trinajstić information content (AvgIpc) is 3.14. The van der Waals surface area contributed by atoms with E-state index in [2.05, 4.69) is 23.9 Å². The van der Waals surface area contributed by atoms with E-state index < -0.39 is 5.56 Å². The fourth-order valence-corrected chi connectivity index (χ4v) is 4.26. The Labute approximate surface area is 201 Å². The number of aromatic nitrogens is 3. The molecule has 0 amide bonds. The summed E-state index contributed by atoms with van der Waals surface area (Å²) >= 11 is 1.14. The summed E-state index contributed by atoms with van der Waals surface area (Å²) in [6.07, 6.45) is 4.98. The molecule has 0 N–H and O–H groups in total. The molecule has 0 aliphatic carbocycles. The summed E-state index contributed by atoms with van der Waals surface area (Å²) in [5.74, 6) is 1.50. The standard InChI is InChI=1S/C26H27N3O4S/c1-3-5-15-33-22-9-7-6-8-19(22)17-23-25(31)29-26(34-23)27-24(30)21(28-29)16-18-10-12-20(13-11-18)32-14-4-2/h6-13,17H,3-5,14-16H2,1-2H3. The van der Waals surface area contributed by atoms with Crippen molar-refractivity contribution in [3.8, 4) is 11.5 Å². The highest BCUT2D eigenvalue weighted by atomic mass is 32.1. The molecule has 0 saturated carbocycles. The molecule has 0 bridgehead atoms. The van der Waals surface area contributed by atoms with Gasteiger partial charge in [-0.25, -0.2) is 0 Å². The van der Waals surface area contributed by atoms with Gasteiger partial charge in [-0.2, -0.15) is 14.6 Å². The Morgan fingerprint density at radius 1 is 0.971 bits per heavy atom. The number of unbranched alkanes of at least 4 members (excludes halogenated alkanes) is 1. The Hall–Kier alpha value is -3.52. The lowest BCUT2D eigenvalue weighted by Gasteiger charge is -2.07. The number of hydrogen-bond acceptors (Lipinski definition) is 7. The zero-order chi connectivity index (χ0) is 23.9. The van der Waals surface area contributed by atoms with E-state index in [-0.39, 0.29) is 22.6 Å². The molecular weight excluding hydrogens is 450 g/mol. The molecule has 0 unspecified atom stereocenters. The summed E-state index contributed by atoms with van der Waals surface area (Å²) in [6.45, 7) is 5.43. The van der Waals surface area contributed by atoms with Crippen LogP contribution >= 0.6 is 11.3 Å². The maximum atomic E-state index is 13.0. The molecule has 2 aromatic carbocycles. The minimum atomic E-state index is -0.428. The van der Waals surface area contributed by atoms with E-state index in [1.54, 1.807) is 6.08 Å². The van der Waals surface area contributed by atoms with Gasteiger partial charge in [-0.15, -0.1) is 0 Å². The van der Waals surface area contributed by atoms with E-state index in [4.69, 9.17) is 9.47 Å². The molecule has 0 spiro atoms. The molecule has 8 heteroatoms. The monoisotopic (exact) mass is 477 g/mol. The van der Waals surface area contributed by atoms with Gasteiger partial charge in [-0.05, 0) is 42.7 Å². The quantitative estimate of drug-likeness (QED) is 0.325. The second-order valence-corrected chi connectivity index (χ2v) is 8.89. The van der Waals surface area contributed by atoms with Gasteiger partial charge >= 0.3 is 0 Å². The maximum Gasteiger partial charge on any atom is 0.296 e. The summed E-state index contributed by atoms with van der Waals surface area (Å²) < 4.78 is 13.1. The van der Waals surface area contributed by atoms with Crippen LogP contribution in [0.3, 0.4) is 0 Å². The lowest BCUT2D eigenvalue weighted by atomic mass is 10.1. The van der Waals surface area contributed by atoms with Crippen LogP contribution < -0.4 is 25.1 Å². The Morgan fingerprint density at radius 2 is 1.76 bits per heavy atom. The number of para-hydroxylation sites is 1. The lowest BCUT2D eigenvalue weighted by molar-refractivity contribution is 0.309. The molecule has 0 atom stereocenters. The fraction of sp³-hybridized carbons (Fsp3) is 0.308. The first-order valence-electron chi connectivity index (χ1n) is 11.5. The molecule has 4 aromatic rings. The van der Waals surface area contributed by atoms with Crippen LogP contribution in [0.5, 0.6) is 11.5 Å². The first-order chi connectivity index (χ1) is 16.6. The predicted molar refractivity (Wildman–Crippen MR) is 134 cm³/mol. The second kappa shape index (κ2) is 11.1. The van der Waals surface area contributed by atoms with Crippen molar-refractivity contribution in [2.24, 2.45) is 0 Å². The first-order valence-corrected chi connectivity index (χ1v) is 12.3. The summed E-state index contributed by atoms with van der Waals surface area (Å²) in [5, 5.41) is 4.34. The third-order valence-corrected chi connectivity index (χ3v) is 6.14. The Bertz CT molecular complexity index is 1430. The largest absolute Gasteiger partial charge is 0.494 e. The second-order valence-electron chi connectivity index (χ2n) is 7.88. The molecule has 2 heterocycles. The molecule has 34 heavy (non-hydrogen) atoms. The fourth-order valence-electron chi connectivity index (χ4n) is 3.37. The van der Waals surface area contributed by atoms with Crippen LogP contribution in [0.15, 0.2) is 58.1 Å². The average molecular weight is 478 g/mol. The van der Waals surface area contributed by atoms with Crippen LogP contribution in [-0.4, -0.2) is 27.8 Å². The zero-order valence-corrected chi connectivity index (χ0v) is 20.1. The molecule has 0 aliphatic heterocycles. The Kier molecular flexibility index (Phi) is 7.69. The molecule has 7 nitrogen and oxygen atoms in total. The number of rotatable bonds is 10. The minimum absolute atomic E-state index is 0.226. The molecule has 0 radical (unpaired) electrons. The van der Waals surface area contributed by atoms with Crippen LogP contribution in [0.25, 0.3) is 11.0 Å². The third-order valence-electron chi connectivity index (χ3n) is 5.18. The summed E-state index contributed by atoms with van der Waals surface area (Å²) in [7, 11) is 0. The van der Waals surface area contributed by atoms with Crippen molar-refractivity contribution in [1.29, 1.82) is 0 Å². The first kappa shape index (κ1) is 23.6. The molecule has 176 valence electrons. The minimum Gasteiger partial charge on any atom is -0.494 e. The highest BCUT2D eigenvalue weighted by Crippen LogP contribution is 2.19. The summed E-state index contributed by atoms with van der Waals surface area (Å²) in [4.78, 5) is 30.0. The number of hydrogen-bond donors (Lipinski definition) is 0. The highest BCUT2D eigenvalue weighted by molar-refractivity contribution is 7.15. The number of nitrogens with zero attached hydrogens (tertiary/aromatic N) is 3. The predicted octanol–water partition coefficient (Wildman–Crippen LogP) is 3.62. The van der Waals surface area contributed by atoms with Crippen molar-refractivity contribution >= 4 is 22.4 Å². The Morgan fingerprint density at radius 3 is 2.53 bits per heavy atom. The van der Waals surface area contributed by atoms with Crippen molar-refractivity contribution in [1.82, 2.24) is 14.6 Å². The van der Waals surface area contributed by atoms with Gasteiger partial charge < -0.3 is 9.47 Å². The van der Waals surface area contributed by atoms with Crippen molar-refractivity contribution in [3.63, 3.8) is 0 Å². The van der Waals surface area contributed by atoms with E-state index in [0.29, 0.717) is 17.7 Å². The maximum absolute atomic E-state index is 13.0. The normalized spacial score (nSPS) is 11.8. The van der Waals surface area contributed by atoms with Gasteiger partial charge in [0.05, 0.1) is 17.7 Å². The van der Waals surface area contributed by atoms with Gasteiger partial charge in [-0.3, -0.25) is 9.59 Å². The summed E-state index contributed by atoms with van der Waals surface area (Å²) in [6, 6.07) is 15.1. The van der Waals surface area contributed by atoms with Crippen LogP contribution in [0, 0.1) is 0 Å². The van der Waals surface area contributed by atoms with Crippen molar-refractivity contribution in [3.05, 3.63) is 90.6 Å². The van der Waals surface area contributed by atoms with Gasteiger partial charge in [0.15, 0.2) is 0 Å². The number of fused-ring (bicyclic) bond motifs is 1. The molecule has 2 aromatic heterocycles. The number of thiazole rings is 1. The molecule has 4 rings (SSSR count). The molecule has 0 aliphatic rings. The van der Waals surface area contributed by atoms with E-state index in [0.717, 1.165) is 53.2 Å². The van der Waals surface area contributed by atoms with Crippen molar-refractivity contribution in [2.45, 2.75) is 39.5 Å². The summed E-state index contributed by atoms with van der Waals surface area (Å²) in [5.41, 5.74) is 1.19. The van der Waals surface area contributed by atoms with Gasteiger partial charge in [0.25, 0.3) is 11.1 Å². The van der Waals surface area contributed by atoms with Gasteiger partial charge in [0.2, 0.25) is 4.96 Å². The number of ether oxygens (including phenoxy) is 2. The van der Waals surface area contributed by atoms with Crippen LogP contribution in [0.4, 0.5) is 0 Å². The van der Waals surface area contributed by atoms with Crippen molar-refractivity contribution < 1.29 is 9.47 Å². The van der Waals surface area contributed by atoms with Gasteiger partial charge in [0.1, 0.15) is 17.2 Å². The van der Waals surface area contributed by atoms with Gasteiger partial charge in [0, 0.05) is 12.0 Å².